The van der Waals surface area contributed by atoms with Gasteiger partial charge < -0.3 is 14.8 Å². The molecule has 0 bridgehead atoms. The number of hydrogen-bond acceptors (Lipinski definition) is 10. The molecule has 2 heterocycles. The molecule has 3 aromatic rings. The molecule has 1 N–H and O–H groups in total. The maximum Gasteiger partial charge on any atom is 0.348 e. The van der Waals surface area contributed by atoms with Gasteiger partial charge in [-0.2, -0.15) is 5.26 Å². The van der Waals surface area contributed by atoms with Crippen molar-refractivity contribution in [1.82, 2.24) is 14.8 Å². The molecule has 0 fully saturated rings. The van der Waals surface area contributed by atoms with Crippen molar-refractivity contribution in [3.05, 3.63) is 51.7 Å². The fourth-order valence-corrected chi connectivity index (χ4v) is 4.95. The first-order valence-electron chi connectivity index (χ1n) is 11.0. The van der Waals surface area contributed by atoms with Gasteiger partial charge in [0.15, 0.2) is 11.3 Å². The van der Waals surface area contributed by atoms with Gasteiger partial charge in [0.25, 0.3) is 5.91 Å². The van der Waals surface area contributed by atoms with Crippen LogP contribution in [-0.2, 0) is 14.3 Å². The molecular weight excluding hydrogens is 502 g/mol. The Morgan fingerprint density at radius 3 is 2.44 bits per heavy atom. The zero-order valence-electron chi connectivity index (χ0n) is 20.4. The molecule has 188 valence electrons. The highest BCUT2D eigenvalue weighted by atomic mass is 32.2. The first-order chi connectivity index (χ1) is 17.2. The second-order valence-corrected chi connectivity index (χ2v) is 9.29. The van der Waals surface area contributed by atoms with Gasteiger partial charge in [-0.3, -0.25) is 9.36 Å². The van der Waals surface area contributed by atoms with Gasteiger partial charge in [-0.15, -0.1) is 21.5 Å². The molecule has 1 unspecified atom stereocenters. The minimum Gasteiger partial charge on any atom is -0.462 e. The lowest BCUT2D eigenvalue weighted by atomic mass is 10.1. The van der Waals surface area contributed by atoms with Crippen molar-refractivity contribution in [2.45, 2.75) is 45.4 Å². The number of esters is 2. The van der Waals surface area contributed by atoms with E-state index in [2.05, 4.69) is 15.5 Å². The fraction of sp³-hybridized carbons (Fsp3) is 0.333. The molecule has 12 heteroatoms. The van der Waals surface area contributed by atoms with Crippen molar-refractivity contribution in [1.29, 1.82) is 5.26 Å². The number of nitrogens with one attached hydrogen (secondary N) is 1. The summed E-state index contributed by atoms with van der Waals surface area (Å²) < 4.78 is 12.3. The normalized spacial score (nSPS) is 11.4. The summed E-state index contributed by atoms with van der Waals surface area (Å²) in [7, 11) is 0. The summed E-state index contributed by atoms with van der Waals surface area (Å²) in [6.45, 7) is 7.02. The minimum absolute atomic E-state index is 0.169. The number of hydrogen-bond donors (Lipinski definition) is 1. The molecule has 0 aliphatic rings. The lowest BCUT2D eigenvalue weighted by Crippen LogP contribution is -2.32. The van der Waals surface area contributed by atoms with Crippen molar-refractivity contribution < 1.29 is 23.9 Å². The topological polar surface area (TPSA) is 136 Å². The van der Waals surface area contributed by atoms with Crippen LogP contribution in [0, 0.1) is 25.2 Å². The zero-order valence-corrected chi connectivity index (χ0v) is 22.1. The Hall–Kier alpha value is -3.69. The molecule has 2 aromatic heterocycles. The minimum atomic E-state index is -1.10. The molecule has 10 nitrogen and oxygen atoms in total. The summed E-state index contributed by atoms with van der Waals surface area (Å²) >= 11 is 2.40. The van der Waals surface area contributed by atoms with Gasteiger partial charge >= 0.3 is 11.9 Å². The predicted octanol–water partition coefficient (Wildman–Crippen LogP) is 4.29. The number of benzene rings is 1. The molecule has 1 aromatic carbocycles. The number of thioether (sulfide) groups is 1. The van der Waals surface area contributed by atoms with Crippen molar-refractivity contribution in [2.24, 2.45) is 0 Å². The molecule has 0 radical (unpaired) electrons. The molecule has 36 heavy (non-hydrogen) atoms. The third-order valence-corrected chi connectivity index (χ3v) is 7.02. The summed E-state index contributed by atoms with van der Waals surface area (Å²) in [5.74, 6) is -1.11. The maximum atomic E-state index is 12.9. The van der Waals surface area contributed by atoms with Crippen LogP contribution in [0.4, 0.5) is 5.00 Å². The Bertz CT molecular complexity index is 1320. The highest BCUT2D eigenvalue weighted by Crippen LogP contribution is 2.33. The van der Waals surface area contributed by atoms with Crippen molar-refractivity contribution in [3.63, 3.8) is 0 Å². The van der Waals surface area contributed by atoms with E-state index in [0.717, 1.165) is 22.2 Å². The van der Waals surface area contributed by atoms with Crippen LogP contribution in [0.2, 0.25) is 0 Å². The van der Waals surface area contributed by atoms with E-state index in [1.54, 1.807) is 45.0 Å². The summed E-state index contributed by atoms with van der Waals surface area (Å²) in [4.78, 5) is 38.0. The maximum absolute atomic E-state index is 12.9. The number of nitriles is 1. The van der Waals surface area contributed by atoms with Crippen LogP contribution in [0.5, 0.6) is 0 Å². The van der Waals surface area contributed by atoms with Gasteiger partial charge in [0, 0.05) is 5.69 Å². The number of aryl methyl sites for hydroxylation is 1. The fourth-order valence-electron chi connectivity index (χ4n) is 3.36. The Kier molecular flexibility index (Phi) is 8.84. The number of amides is 1. The first kappa shape index (κ1) is 26.9. The second-order valence-electron chi connectivity index (χ2n) is 7.50. The number of carbonyl (C=O) groups is 3. The monoisotopic (exact) mass is 527 g/mol. The average Bonchev–Trinajstić information content (AvgIpc) is 3.40. The van der Waals surface area contributed by atoms with Crippen LogP contribution >= 0.6 is 23.1 Å². The molecule has 3 rings (SSSR count). The number of thiophene rings is 1. The van der Waals surface area contributed by atoms with E-state index in [1.807, 2.05) is 23.8 Å². The van der Waals surface area contributed by atoms with Crippen LogP contribution in [0.3, 0.4) is 0 Å². The van der Waals surface area contributed by atoms with E-state index in [-0.39, 0.29) is 34.0 Å². The molecule has 1 amide bonds. The predicted molar refractivity (Wildman–Crippen MR) is 136 cm³/mol. The van der Waals surface area contributed by atoms with E-state index in [1.165, 1.54) is 11.8 Å². The van der Waals surface area contributed by atoms with Gasteiger partial charge in [-0.25, -0.2) is 9.59 Å². The largest absolute Gasteiger partial charge is 0.462 e. The SMILES string of the molecule is CCOC(=O)c1sc(NC(=O)C(CC)OC(=O)c2ccc(-n3c(C)nnc3SC)cc2)c(C#N)c1C. The Morgan fingerprint density at radius 2 is 1.86 bits per heavy atom. The third-order valence-electron chi connectivity index (χ3n) is 5.21. The number of nitrogens with zero attached hydrogens (tertiary/aromatic N) is 4. The highest BCUT2D eigenvalue weighted by Gasteiger charge is 2.27. The molecular formula is C24H25N5O5S2. The summed E-state index contributed by atoms with van der Waals surface area (Å²) in [6.07, 6.45) is 1.01. The Balaban J connectivity index is 1.74. The lowest BCUT2D eigenvalue weighted by Gasteiger charge is -2.16. The van der Waals surface area contributed by atoms with Gasteiger partial charge in [0.2, 0.25) is 0 Å². The van der Waals surface area contributed by atoms with Crippen molar-refractivity contribution in [2.75, 3.05) is 18.2 Å². The van der Waals surface area contributed by atoms with Gasteiger partial charge in [-0.1, -0.05) is 18.7 Å². The van der Waals surface area contributed by atoms with Gasteiger partial charge in [-0.05, 0) is 63.3 Å². The summed E-state index contributed by atoms with van der Waals surface area (Å²) in [5.41, 5.74) is 1.66. The van der Waals surface area contributed by atoms with Crippen LogP contribution in [0.25, 0.3) is 5.69 Å². The molecule has 0 aliphatic carbocycles. The van der Waals surface area contributed by atoms with Crippen LogP contribution in [0.15, 0.2) is 29.4 Å². The number of rotatable bonds is 9. The average molecular weight is 528 g/mol. The highest BCUT2D eigenvalue weighted by molar-refractivity contribution is 7.98. The van der Waals surface area contributed by atoms with Crippen LogP contribution in [-0.4, -0.2) is 51.6 Å². The Labute approximate surface area is 216 Å². The summed E-state index contributed by atoms with van der Waals surface area (Å²) in [5, 5.41) is 21.3. The molecule has 0 aliphatic heterocycles. The molecule has 0 saturated carbocycles. The van der Waals surface area contributed by atoms with E-state index in [0.29, 0.717) is 11.4 Å². The number of aromatic nitrogens is 3. The van der Waals surface area contributed by atoms with Crippen molar-refractivity contribution in [3.8, 4) is 11.8 Å². The smallest absolute Gasteiger partial charge is 0.348 e. The van der Waals surface area contributed by atoms with Gasteiger partial charge in [0.1, 0.15) is 21.8 Å². The molecule has 1 atom stereocenters. The van der Waals surface area contributed by atoms with E-state index >= 15 is 0 Å². The molecule has 0 spiro atoms. The standard InChI is InChI=1S/C24H25N5O5S2/c1-6-18(20(30)26-21-17(12-25)13(3)19(36-21)23(32)33-7-2)34-22(31)15-8-10-16(11-9-15)29-14(4)27-28-24(29)35-5/h8-11,18H,6-7H2,1-5H3,(H,26,30). The number of carbonyl (C=O) groups excluding carboxylic acids is 3. The first-order valence-corrected chi connectivity index (χ1v) is 13.1. The van der Waals surface area contributed by atoms with E-state index in [9.17, 15) is 19.6 Å². The molecule has 0 saturated heterocycles. The van der Waals surface area contributed by atoms with Crippen LogP contribution < -0.4 is 5.32 Å². The number of ether oxygens (including phenoxy) is 2. The summed E-state index contributed by atoms with van der Waals surface area (Å²) in [6, 6.07) is 8.71. The van der Waals surface area contributed by atoms with Crippen molar-refractivity contribution >= 4 is 45.9 Å². The second kappa shape index (κ2) is 11.8. The van der Waals surface area contributed by atoms with E-state index < -0.39 is 23.9 Å². The third kappa shape index (κ3) is 5.58. The van der Waals surface area contributed by atoms with E-state index in [4.69, 9.17) is 9.47 Å². The van der Waals surface area contributed by atoms with Gasteiger partial charge in [0.05, 0.1) is 17.7 Å². The number of anilines is 1. The quantitative estimate of drug-likeness (QED) is 0.319. The lowest BCUT2D eigenvalue weighted by molar-refractivity contribution is -0.124. The Morgan fingerprint density at radius 1 is 1.17 bits per heavy atom. The zero-order chi connectivity index (χ0) is 26.4. The van der Waals surface area contributed by atoms with Crippen LogP contribution in [0.1, 0.15) is 57.2 Å².